The summed E-state index contributed by atoms with van der Waals surface area (Å²) in [6.07, 6.45) is 4.82. The second kappa shape index (κ2) is 7.20. The topological polar surface area (TPSA) is 15.3 Å². The molecule has 0 saturated carbocycles. The molecule has 0 aromatic heterocycles. The molecule has 1 aliphatic heterocycles. The number of piperidine rings is 1. The number of hydrogen-bond donors (Lipinski definition) is 1. The third-order valence-corrected chi connectivity index (χ3v) is 4.92. The smallest absolute Gasteiger partial charge is 0.0343 e. The first kappa shape index (κ1) is 14.7. The van der Waals surface area contributed by atoms with Crippen LogP contribution in [0.3, 0.4) is 0 Å². The highest BCUT2D eigenvalue weighted by Gasteiger charge is 2.23. The number of anilines is 1. The van der Waals surface area contributed by atoms with E-state index in [9.17, 15) is 0 Å². The Kier molecular flexibility index (Phi) is 5.59. The molecule has 0 spiro atoms. The predicted molar refractivity (Wildman–Crippen MR) is 86.1 cm³/mol. The number of nitrogens with one attached hydrogen (secondary N) is 1. The van der Waals surface area contributed by atoms with Crippen LogP contribution in [0.15, 0.2) is 29.2 Å². The monoisotopic (exact) mass is 278 g/mol. The fourth-order valence-corrected chi connectivity index (χ4v) is 3.26. The zero-order valence-corrected chi connectivity index (χ0v) is 13.2. The van der Waals surface area contributed by atoms with E-state index in [2.05, 4.69) is 54.6 Å². The predicted octanol–water partition coefficient (Wildman–Crippen LogP) is 3.94. The van der Waals surface area contributed by atoms with E-state index < -0.39 is 0 Å². The molecular formula is C16H26N2S. The summed E-state index contributed by atoms with van der Waals surface area (Å²) in [6.45, 7) is 8.30. The third kappa shape index (κ3) is 4.15. The van der Waals surface area contributed by atoms with Crippen LogP contribution in [0.5, 0.6) is 0 Å². The average Bonchev–Trinajstić information content (AvgIpc) is 2.48. The van der Waals surface area contributed by atoms with Crippen molar-refractivity contribution in [3.8, 4) is 0 Å². The molecule has 2 unspecified atom stereocenters. The van der Waals surface area contributed by atoms with Crippen LogP contribution in [0, 0.1) is 5.92 Å². The van der Waals surface area contributed by atoms with Crippen LogP contribution < -0.4 is 5.32 Å². The molecule has 1 saturated heterocycles. The molecule has 2 nitrogen and oxygen atoms in total. The van der Waals surface area contributed by atoms with E-state index in [1.54, 1.807) is 11.8 Å². The van der Waals surface area contributed by atoms with Gasteiger partial charge in [-0.15, -0.1) is 11.8 Å². The SMILES string of the molecule is CCN1CCCC(C(C)Nc2ccc(SC)cc2)C1. The van der Waals surface area contributed by atoms with Crippen molar-refractivity contribution in [2.75, 3.05) is 31.2 Å². The minimum Gasteiger partial charge on any atom is -0.382 e. The van der Waals surface area contributed by atoms with Crippen LogP contribution >= 0.6 is 11.8 Å². The number of thioether (sulfide) groups is 1. The Morgan fingerprint density at radius 2 is 2.11 bits per heavy atom. The highest BCUT2D eigenvalue weighted by Crippen LogP contribution is 2.23. The van der Waals surface area contributed by atoms with Crippen molar-refractivity contribution < 1.29 is 0 Å². The molecule has 2 atom stereocenters. The molecule has 0 aliphatic carbocycles. The minimum atomic E-state index is 0.550. The van der Waals surface area contributed by atoms with Crippen LogP contribution in [0.2, 0.25) is 0 Å². The lowest BCUT2D eigenvalue weighted by Gasteiger charge is -2.35. The zero-order chi connectivity index (χ0) is 13.7. The van der Waals surface area contributed by atoms with Crippen LogP contribution in [-0.4, -0.2) is 36.8 Å². The maximum absolute atomic E-state index is 3.67. The summed E-state index contributed by atoms with van der Waals surface area (Å²) in [5.74, 6) is 0.772. The van der Waals surface area contributed by atoms with Gasteiger partial charge in [-0.05, 0) is 69.3 Å². The van der Waals surface area contributed by atoms with Crippen LogP contribution in [0.25, 0.3) is 0 Å². The first-order chi connectivity index (χ1) is 9.22. The van der Waals surface area contributed by atoms with Gasteiger partial charge in [-0.1, -0.05) is 6.92 Å². The second-order valence-corrected chi connectivity index (χ2v) is 6.34. The van der Waals surface area contributed by atoms with Crippen molar-refractivity contribution in [1.82, 2.24) is 4.90 Å². The van der Waals surface area contributed by atoms with Gasteiger partial charge in [-0.2, -0.15) is 0 Å². The Balaban J connectivity index is 1.90. The Bertz CT molecular complexity index is 377. The number of nitrogens with zero attached hydrogens (tertiary/aromatic N) is 1. The Labute approximate surface area is 122 Å². The standard InChI is InChI=1S/C16H26N2S/c1-4-18-11-5-6-14(12-18)13(2)17-15-7-9-16(19-3)10-8-15/h7-10,13-14,17H,4-6,11-12H2,1-3H3. The summed E-state index contributed by atoms with van der Waals surface area (Å²) in [6, 6.07) is 9.33. The van der Waals surface area contributed by atoms with Gasteiger partial charge in [0.2, 0.25) is 0 Å². The maximum atomic E-state index is 3.67. The molecule has 1 aromatic rings. The molecule has 0 amide bonds. The molecule has 19 heavy (non-hydrogen) atoms. The molecule has 1 heterocycles. The summed E-state index contributed by atoms with van der Waals surface area (Å²) < 4.78 is 0. The summed E-state index contributed by atoms with van der Waals surface area (Å²) in [5.41, 5.74) is 1.25. The molecule has 3 heteroatoms. The van der Waals surface area contributed by atoms with Gasteiger partial charge in [-0.25, -0.2) is 0 Å². The first-order valence-corrected chi connectivity index (χ1v) is 8.58. The van der Waals surface area contributed by atoms with E-state index in [0.29, 0.717) is 6.04 Å². The summed E-state index contributed by atoms with van der Waals surface area (Å²) in [4.78, 5) is 3.90. The van der Waals surface area contributed by atoms with Gasteiger partial charge in [0.25, 0.3) is 0 Å². The highest BCUT2D eigenvalue weighted by molar-refractivity contribution is 7.98. The van der Waals surface area contributed by atoms with Crippen LogP contribution in [0.4, 0.5) is 5.69 Å². The minimum absolute atomic E-state index is 0.550. The molecule has 0 radical (unpaired) electrons. The number of hydrogen-bond acceptors (Lipinski definition) is 3. The normalized spacial score (nSPS) is 22.2. The molecule has 1 aliphatic rings. The Morgan fingerprint density at radius 1 is 1.37 bits per heavy atom. The van der Waals surface area contributed by atoms with Crippen LogP contribution in [0.1, 0.15) is 26.7 Å². The molecule has 1 aromatic carbocycles. The highest BCUT2D eigenvalue weighted by atomic mass is 32.2. The third-order valence-electron chi connectivity index (χ3n) is 4.18. The molecule has 1 fully saturated rings. The summed E-state index contributed by atoms with van der Waals surface area (Å²) in [7, 11) is 0. The second-order valence-electron chi connectivity index (χ2n) is 5.46. The van der Waals surface area contributed by atoms with Crippen molar-refractivity contribution >= 4 is 17.4 Å². The average molecular weight is 278 g/mol. The van der Waals surface area contributed by atoms with Gasteiger partial charge in [-0.3, -0.25) is 0 Å². The maximum Gasteiger partial charge on any atom is 0.0343 e. The van der Waals surface area contributed by atoms with E-state index in [0.717, 1.165) is 5.92 Å². The Morgan fingerprint density at radius 3 is 2.74 bits per heavy atom. The van der Waals surface area contributed by atoms with E-state index >= 15 is 0 Å². The summed E-state index contributed by atoms with van der Waals surface area (Å²) >= 11 is 1.79. The van der Waals surface area contributed by atoms with Gasteiger partial charge in [0.1, 0.15) is 0 Å². The van der Waals surface area contributed by atoms with E-state index in [1.807, 2.05) is 0 Å². The lowest BCUT2D eigenvalue weighted by Crippen LogP contribution is -2.41. The van der Waals surface area contributed by atoms with E-state index in [4.69, 9.17) is 0 Å². The molecule has 2 rings (SSSR count). The van der Waals surface area contributed by atoms with Gasteiger partial charge in [0.15, 0.2) is 0 Å². The van der Waals surface area contributed by atoms with Gasteiger partial charge in [0.05, 0.1) is 0 Å². The number of likely N-dealkylation sites (tertiary alicyclic amines) is 1. The van der Waals surface area contributed by atoms with Crippen molar-refractivity contribution in [2.24, 2.45) is 5.92 Å². The van der Waals surface area contributed by atoms with E-state index in [1.165, 1.54) is 43.1 Å². The fraction of sp³-hybridized carbons (Fsp3) is 0.625. The Hall–Kier alpha value is -0.670. The fourth-order valence-electron chi connectivity index (χ4n) is 2.85. The quantitative estimate of drug-likeness (QED) is 0.821. The van der Waals surface area contributed by atoms with Crippen molar-refractivity contribution in [3.05, 3.63) is 24.3 Å². The molecule has 1 N–H and O–H groups in total. The van der Waals surface area contributed by atoms with Gasteiger partial charge < -0.3 is 10.2 Å². The van der Waals surface area contributed by atoms with Gasteiger partial charge in [0, 0.05) is 23.2 Å². The van der Waals surface area contributed by atoms with Crippen LogP contribution in [-0.2, 0) is 0 Å². The molecule has 106 valence electrons. The lowest BCUT2D eigenvalue weighted by molar-refractivity contribution is 0.172. The first-order valence-electron chi connectivity index (χ1n) is 7.36. The molecule has 0 bridgehead atoms. The summed E-state index contributed by atoms with van der Waals surface area (Å²) in [5, 5.41) is 3.67. The lowest BCUT2D eigenvalue weighted by atomic mass is 9.91. The van der Waals surface area contributed by atoms with Crippen molar-refractivity contribution in [3.63, 3.8) is 0 Å². The van der Waals surface area contributed by atoms with Crippen molar-refractivity contribution in [1.29, 1.82) is 0 Å². The number of benzene rings is 1. The largest absolute Gasteiger partial charge is 0.382 e. The zero-order valence-electron chi connectivity index (χ0n) is 12.4. The van der Waals surface area contributed by atoms with Gasteiger partial charge >= 0.3 is 0 Å². The number of rotatable bonds is 5. The van der Waals surface area contributed by atoms with Crippen molar-refractivity contribution in [2.45, 2.75) is 37.6 Å². The molecular weight excluding hydrogens is 252 g/mol. The van der Waals surface area contributed by atoms with E-state index in [-0.39, 0.29) is 0 Å².